The summed E-state index contributed by atoms with van der Waals surface area (Å²) in [6.45, 7) is 1.56. The first-order valence-electron chi connectivity index (χ1n) is 8.03. The predicted molar refractivity (Wildman–Crippen MR) is 99.6 cm³/mol. The summed E-state index contributed by atoms with van der Waals surface area (Å²) in [6, 6.07) is 9.71. The van der Waals surface area contributed by atoms with Gasteiger partial charge in [-0.15, -0.1) is 0 Å². The number of benzene rings is 2. The van der Waals surface area contributed by atoms with Gasteiger partial charge in [-0.1, -0.05) is 17.7 Å². The van der Waals surface area contributed by atoms with Crippen LogP contribution in [-0.2, 0) is 9.53 Å². The molecule has 0 saturated heterocycles. The number of hydrogen-bond acceptors (Lipinski definition) is 4. The van der Waals surface area contributed by atoms with Gasteiger partial charge in [0.15, 0.2) is 0 Å². The molecule has 0 unspecified atom stereocenters. The molecule has 0 aliphatic heterocycles. The number of amides is 2. The summed E-state index contributed by atoms with van der Waals surface area (Å²) < 4.78 is 17.9. The van der Waals surface area contributed by atoms with Gasteiger partial charge < -0.3 is 15.0 Å². The zero-order valence-corrected chi connectivity index (χ0v) is 15.5. The number of anilines is 1. The van der Waals surface area contributed by atoms with Crippen molar-refractivity contribution in [3.05, 3.63) is 64.4 Å². The number of nitrogens with one attached hydrogen (secondary N) is 1. The van der Waals surface area contributed by atoms with Gasteiger partial charge in [0.05, 0.1) is 23.4 Å². The molecule has 0 atom stereocenters. The van der Waals surface area contributed by atoms with Crippen LogP contribution in [0.5, 0.6) is 0 Å². The molecule has 2 aromatic rings. The van der Waals surface area contributed by atoms with Crippen molar-refractivity contribution in [1.29, 1.82) is 0 Å². The standard InChI is InChI=1S/C19H18ClFN2O4/c1-12(24)23(17-11-14(19(26)27-2)6-7-16(17)20)9-8-22-18(25)13-4-3-5-15(21)10-13/h3-7,10-11H,8-9H2,1-2H3,(H,22,25). The molecule has 27 heavy (non-hydrogen) atoms. The molecule has 0 saturated carbocycles. The van der Waals surface area contributed by atoms with Crippen LogP contribution in [0.15, 0.2) is 42.5 Å². The maximum atomic E-state index is 13.2. The smallest absolute Gasteiger partial charge is 0.337 e. The molecule has 0 bridgehead atoms. The van der Waals surface area contributed by atoms with Gasteiger partial charge in [0.1, 0.15) is 5.82 Å². The van der Waals surface area contributed by atoms with Crippen molar-refractivity contribution in [2.75, 3.05) is 25.1 Å². The highest BCUT2D eigenvalue weighted by atomic mass is 35.5. The van der Waals surface area contributed by atoms with E-state index in [-0.39, 0.29) is 35.1 Å². The van der Waals surface area contributed by atoms with Gasteiger partial charge in [0.25, 0.3) is 5.91 Å². The molecule has 2 amide bonds. The van der Waals surface area contributed by atoms with Gasteiger partial charge >= 0.3 is 5.97 Å². The van der Waals surface area contributed by atoms with Gasteiger partial charge in [-0.25, -0.2) is 9.18 Å². The summed E-state index contributed by atoms with van der Waals surface area (Å²) in [5, 5.41) is 2.89. The van der Waals surface area contributed by atoms with Crippen molar-refractivity contribution < 1.29 is 23.5 Å². The maximum absolute atomic E-state index is 13.2. The van der Waals surface area contributed by atoms with Gasteiger partial charge in [-0.05, 0) is 36.4 Å². The zero-order valence-electron chi connectivity index (χ0n) is 14.8. The molecular formula is C19H18ClFN2O4. The first-order valence-corrected chi connectivity index (χ1v) is 8.41. The Morgan fingerprint density at radius 1 is 1.15 bits per heavy atom. The topological polar surface area (TPSA) is 75.7 Å². The molecule has 0 heterocycles. The van der Waals surface area contributed by atoms with E-state index in [9.17, 15) is 18.8 Å². The SMILES string of the molecule is COC(=O)c1ccc(Cl)c(N(CCNC(=O)c2cccc(F)c2)C(C)=O)c1. The number of hydrogen-bond donors (Lipinski definition) is 1. The lowest BCUT2D eigenvalue weighted by Crippen LogP contribution is -2.37. The lowest BCUT2D eigenvalue weighted by Gasteiger charge is -2.23. The Balaban J connectivity index is 2.11. The van der Waals surface area contributed by atoms with Crippen LogP contribution >= 0.6 is 11.6 Å². The van der Waals surface area contributed by atoms with Crippen molar-refractivity contribution in [1.82, 2.24) is 5.32 Å². The number of methoxy groups -OCH3 is 1. The minimum atomic E-state index is -0.559. The second kappa shape index (κ2) is 9.14. The van der Waals surface area contributed by atoms with E-state index in [1.165, 1.54) is 55.3 Å². The van der Waals surface area contributed by atoms with Crippen molar-refractivity contribution in [3.8, 4) is 0 Å². The van der Waals surface area contributed by atoms with Crippen molar-refractivity contribution >= 4 is 35.1 Å². The third kappa shape index (κ3) is 5.27. The van der Waals surface area contributed by atoms with Crippen LogP contribution < -0.4 is 10.2 Å². The van der Waals surface area contributed by atoms with E-state index in [4.69, 9.17) is 11.6 Å². The average molecular weight is 393 g/mol. The summed E-state index contributed by atoms with van der Waals surface area (Å²) in [4.78, 5) is 37.1. The number of carbonyl (C=O) groups is 3. The molecule has 0 aliphatic rings. The minimum absolute atomic E-state index is 0.105. The Morgan fingerprint density at radius 2 is 1.89 bits per heavy atom. The molecule has 0 fully saturated rings. The van der Waals surface area contributed by atoms with Gasteiger partial charge in [-0.3, -0.25) is 9.59 Å². The molecule has 1 N–H and O–H groups in total. The molecule has 0 spiro atoms. The van der Waals surface area contributed by atoms with Crippen LogP contribution in [0.1, 0.15) is 27.6 Å². The Kier molecular flexibility index (Phi) is 6.90. The van der Waals surface area contributed by atoms with Crippen LogP contribution in [0.3, 0.4) is 0 Å². The quantitative estimate of drug-likeness (QED) is 0.767. The second-order valence-electron chi connectivity index (χ2n) is 5.59. The number of nitrogens with zero attached hydrogens (tertiary/aromatic N) is 1. The lowest BCUT2D eigenvalue weighted by molar-refractivity contribution is -0.116. The highest BCUT2D eigenvalue weighted by molar-refractivity contribution is 6.34. The van der Waals surface area contributed by atoms with Crippen LogP contribution in [-0.4, -0.2) is 38.0 Å². The molecule has 0 aromatic heterocycles. The van der Waals surface area contributed by atoms with E-state index < -0.39 is 17.7 Å². The fourth-order valence-corrected chi connectivity index (χ4v) is 2.64. The van der Waals surface area contributed by atoms with Gasteiger partial charge in [0.2, 0.25) is 5.91 Å². The summed E-state index contributed by atoms with van der Waals surface area (Å²) in [5.74, 6) is -1.86. The van der Waals surface area contributed by atoms with E-state index in [1.807, 2.05) is 0 Å². The first kappa shape index (κ1) is 20.4. The van der Waals surface area contributed by atoms with E-state index in [0.29, 0.717) is 5.69 Å². The minimum Gasteiger partial charge on any atom is -0.465 e. The highest BCUT2D eigenvalue weighted by Crippen LogP contribution is 2.27. The summed E-state index contributed by atoms with van der Waals surface area (Å²) in [7, 11) is 1.25. The second-order valence-corrected chi connectivity index (χ2v) is 6.00. The van der Waals surface area contributed by atoms with Crippen molar-refractivity contribution in [2.45, 2.75) is 6.92 Å². The summed E-state index contributed by atoms with van der Waals surface area (Å²) in [6.07, 6.45) is 0. The molecule has 8 heteroatoms. The Hall–Kier alpha value is -2.93. The van der Waals surface area contributed by atoms with Crippen molar-refractivity contribution in [3.63, 3.8) is 0 Å². The van der Waals surface area contributed by atoms with Gasteiger partial charge in [0, 0.05) is 25.6 Å². The molecule has 2 aromatic carbocycles. The predicted octanol–water partition coefficient (Wildman–Crippen LogP) is 3.05. The fourth-order valence-electron chi connectivity index (χ4n) is 2.42. The number of ether oxygens (including phenoxy) is 1. The van der Waals surface area contributed by atoms with Crippen LogP contribution in [0.4, 0.5) is 10.1 Å². The highest BCUT2D eigenvalue weighted by Gasteiger charge is 2.18. The van der Waals surface area contributed by atoms with Gasteiger partial charge in [-0.2, -0.15) is 0 Å². The number of rotatable bonds is 6. The molecule has 6 nitrogen and oxygen atoms in total. The molecule has 0 aliphatic carbocycles. The normalized spacial score (nSPS) is 10.2. The average Bonchev–Trinajstić information content (AvgIpc) is 2.65. The maximum Gasteiger partial charge on any atom is 0.337 e. The molecule has 142 valence electrons. The molecular weight excluding hydrogens is 375 g/mol. The largest absolute Gasteiger partial charge is 0.465 e. The Bertz CT molecular complexity index is 873. The van der Waals surface area contributed by atoms with Crippen LogP contribution in [0.2, 0.25) is 5.02 Å². The number of carbonyl (C=O) groups excluding carboxylic acids is 3. The van der Waals surface area contributed by atoms with E-state index in [1.54, 1.807) is 0 Å². The van der Waals surface area contributed by atoms with E-state index in [0.717, 1.165) is 6.07 Å². The lowest BCUT2D eigenvalue weighted by atomic mass is 10.2. The van der Waals surface area contributed by atoms with Crippen LogP contribution in [0, 0.1) is 5.82 Å². The Labute approximate surface area is 160 Å². The zero-order chi connectivity index (χ0) is 20.0. The van der Waals surface area contributed by atoms with E-state index >= 15 is 0 Å². The number of halogens is 2. The third-order valence-corrected chi connectivity index (χ3v) is 4.07. The molecule has 0 radical (unpaired) electrons. The van der Waals surface area contributed by atoms with E-state index in [2.05, 4.69) is 10.1 Å². The number of esters is 1. The summed E-state index contributed by atoms with van der Waals surface area (Å²) >= 11 is 6.16. The third-order valence-electron chi connectivity index (χ3n) is 3.75. The van der Waals surface area contributed by atoms with Crippen molar-refractivity contribution in [2.24, 2.45) is 0 Å². The monoisotopic (exact) mass is 392 g/mol. The first-order chi connectivity index (χ1) is 12.8. The molecule has 2 rings (SSSR count). The van der Waals surface area contributed by atoms with Crippen LogP contribution in [0.25, 0.3) is 0 Å². The fraction of sp³-hybridized carbons (Fsp3) is 0.211. The summed E-state index contributed by atoms with van der Waals surface area (Å²) in [5.41, 5.74) is 0.745. The Morgan fingerprint density at radius 3 is 2.52 bits per heavy atom.